The Hall–Kier alpha value is -3.59. The predicted molar refractivity (Wildman–Crippen MR) is 113 cm³/mol. The third-order valence-corrected chi connectivity index (χ3v) is 5.58. The number of benzene rings is 1. The molecule has 0 aliphatic rings. The van der Waals surface area contributed by atoms with Crippen LogP contribution in [0.5, 0.6) is 0 Å². The minimum Gasteiger partial charge on any atom is -0.452 e. The SMILES string of the molecule is Cc1cc(C(=O)COC(=O)c2nn(C)c(=O)c3ccccc23)c(C)n1-c1nccs1. The van der Waals surface area contributed by atoms with Gasteiger partial charge in [0.05, 0.1) is 5.39 Å². The van der Waals surface area contributed by atoms with Crippen LogP contribution in [0, 0.1) is 13.8 Å². The molecule has 0 saturated carbocycles. The van der Waals surface area contributed by atoms with E-state index in [2.05, 4.69) is 10.1 Å². The van der Waals surface area contributed by atoms with E-state index in [0.717, 1.165) is 21.2 Å². The van der Waals surface area contributed by atoms with Crippen molar-refractivity contribution in [1.82, 2.24) is 19.3 Å². The van der Waals surface area contributed by atoms with E-state index in [1.54, 1.807) is 36.5 Å². The van der Waals surface area contributed by atoms with Gasteiger partial charge in [0.15, 0.2) is 17.4 Å². The van der Waals surface area contributed by atoms with Crippen molar-refractivity contribution in [3.05, 3.63) is 74.9 Å². The molecule has 1 aromatic carbocycles. The molecule has 0 unspecified atom stereocenters. The van der Waals surface area contributed by atoms with Crippen molar-refractivity contribution in [1.29, 1.82) is 0 Å². The molecule has 0 fully saturated rings. The second kappa shape index (κ2) is 7.68. The summed E-state index contributed by atoms with van der Waals surface area (Å²) in [5.41, 5.74) is 1.74. The van der Waals surface area contributed by atoms with Gasteiger partial charge in [-0.05, 0) is 26.0 Å². The lowest BCUT2D eigenvalue weighted by Crippen LogP contribution is -2.24. The van der Waals surface area contributed by atoms with E-state index < -0.39 is 12.6 Å². The van der Waals surface area contributed by atoms with E-state index in [9.17, 15) is 14.4 Å². The van der Waals surface area contributed by atoms with E-state index in [4.69, 9.17) is 4.74 Å². The van der Waals surface area contributed by atoms with Crippen molar-refractivity contribution >= 4 is 33.9 Å². The molecule has 4 aromatic rings. The molecular formula is C21H18N4O4S. The number of hydrogen-bond donors (Lipinski definition) is 0. The number of esters is 1. The fourth-order valence-electron chi connectivity index (χ4n) is 3.39. The number of nitrogens with zero attached hydrogens (tertiary/aromatic N) is 4. The third kappa shape index (κ3) is 3.33. The standard InChI is InChI=1S/C21H18N4O4S/c1-12-10-16(13(2)25(12)21-22-8-9-30-21)17(26)11-29-20(28)18-14-6-4-5-7-15(14)19(27)24(3)23-18/h4-10H,11H2,1-3H3. The Labute approximate surface area is 175 Å². The molecule has 9 heteroatoms. The molecule has 0 saturated heterocycles. The molecule has 0 radical (unpaired) electrons. The minimum atomic E-state index is -0.760. The first kappa shape index (κ1) is 19.7. The van der Waals surface area contributed by atoms with Crippen LogP contribution < -0.4 is 5.56 Å². The average Bonchev–Trinajstić information content (AvgIpc) is 3.36. The van der Waals surface area contributed by atoms with E-state index in [1.165, 1.54) is 18.4 Å². The van der Waals surface area contributed by atoms with Crippen LogP contribution in [-0.4, -0.2) is 37.7 Å². The van der Waals surface area contributed by atoms with Crippen molar-refractivity contribution in [2.45, 2.75) is 13.8 Å². The number of hydrogen-bond acceptors (Lipinski definition) is 7. The maximum Gasteiger partial charge on any atom is 0.359 e. The van der Waals surface area contributed by atoms with Gasteiger partial charge in [0.25, 0.3) is 5.56 Å². The van der Waals surface area contributed by atoms with Gasteiger partial charge in [-0.1, -0.05) is 18.2 Å². The van der Waals surface area contributed by atoms with E-state index in [0.29, 0.717) is 16.3 Å². The van der Waals surface area contributed by atoms with Gasteiger partial charge in [-0.2, -0.15) is 5.10 Å². The van der Waals surface area contributed by atoms with Gasteiger partial charge in [0.1, 0.15) is 0 Å². The maximum absolute atomic E-state index is 12.7. The Kier molecular flexibility index (Phi) is 5.04. The van der Waals surface area contributed by atoms with Crippen molar-refractivity contribution in [2.24, 2.45) is 7.05 Å². The van der Waals surface area contributed by atoms with Crippen molar-refractivity contribution in [3.63, 3.8) is 0 Å². The number of thiazole rings is 1. The van der Waals surface area contributed by atoms with Gasteiger partial charge in [-0.3, -0.25) is 14.2 Å². The van der Waals surface area contributed by atoms with Crippen LogP contribution in [0.25, 0.3) is 15.9 Å². The second-order valence-corrected chi connectivity index (χ2v) is 7.63. The first-order valence-electron chi connectivity index (χ1n) is 9.13. The zero-order chi connectivity index (χ0) is 21.4. The van der Waals surface area contributed by atoms with Crippen molar-refractivity contribution in [2.75, 3.05) is 6.61 Å². The number of fused-ring (bicyclic) bond motifs is 1. The van der Waals surface area contributed by atoms with Crippen molar-refractivity contribution in [3.8, 4) is 5.13 Å². The molecule has 0 amide bonds. The molecule has 0 aliphatic heterocycles. The number of carbonyl (C=O) groups excluding carboxylic acids is 2. The molecule has 0 N–H and O–H groups in total. The second-order valence-electron chi connectivity index (χ2n) is 6.76. The molecule has 0 aliphatic carbocycles. The van der Waals surface area contributed by atoms with E-state index in [1.807, 2.05) is 23.8 Å². The lowest BCUT2D eigenvalue weighted by Gasteiger charge is -2.08. The summed E-state index contributed by atoms with van der Waals surface area (Å²) >= 11 is 1.47. The zero-order valence-electron chi connectivity index (χ0n) is 16.6. The molecule has 0 spiro atoms. The molecular weight excluding hydrogens is 404 g/mol. The largest absolute Gasteiger partial charge is 0.452 e. The van der Waals surface area contributed by atoms with E-state index in [-0.39, 0.29) is 17.0 Å². The van der Waals surface area contributed by atoms with Crippen LogP contribution in [0.1, 0.15) is 32.2 Å². The summed E-state index contributed by atoms with van der Waals surface area (Å²) in [6, 6.07) is 8.42. The van der Waals surface area contributed by atoms with Crippen LogP contribution in [0.15, 0.2) is 46.7 Å². The van der Waals surface area contributed by atoms with Gasteiger partial charge in [-0.15, -0.1) is 11.3 Å². The van der Waals surface area contributed by atoms with Gasteiger partial charge in [0.2, 0.25) is 5.78 Å². The first-order chi connectivity index (χ1) is 14.4. The number of carbonyl (C=O) groups is 2. The number of ether oxygens (including phenoxy) is 1. The topological polar surface area (TPSA) is 96.1 Å². The first-order valence-corrected chi connectivity index (χ1v) is 10.0. The van der Waals surface area contributed by atoms with Gasteiger partial charge < -0.3 is 4.74 Å². The highest BCUT2D eigenvalue weighted by Gasteiger charge is 2.21. The average molecular weight is 422 g/mol. The Morgan fingerprint density at radius 2 is 1.90 bits per heavy atom. The summed E-state index contributed by atoms with van der Waals surface area (Å²) in [5, 5.41) is 7.41. The Balaban J connectivity index is 1.58. The van der Waals surface area contributed by atoms with Crippen LogP contribution >= 0.6 is 11.3 Å². The van der Waals surface area contributed by atoms with Crippen LogP contribution in [0.2, 0.25) is 0 Å². The van der Waals surface area contributed by atoms with E-state index >= 15 is 0 Å². The summed E-state index contributed by atoms with van der Waals surface area (Å²) in [6.45, 7) is 3.28. The fourth-order valence-corrected chi connectivity index (χ4v) is 4.14. The molecule has 30 heavy (non-hydrogen) atoms. The predicted octanol–water partition coefficient (Wildman–Crippen LogP) is 2.84. The molecule has 3 heterocycles. The summed E-state index contributed by atoms with van der Waals surface area (Å²) in [7, 11) is 1.46. The highest BCUT2D eigenvalue weighted by molar-refractivity contribution is 7.12. The zero-order valence-corrected chi connectivity index (χ0v) is 17.4. The number of Topliss-reactive ketones (excluding diaryl/α,β-unsaturated/α-hetero) is 1. The highest BCUT2D eigenvalue weighted by Crippen LogP contribution is 2.23. The van der Waals surface area contributed by atoms with Crippen LogP contribution in [0.4, 0.5) is 0 Å². The molecule has 152 valence electrons. The lowest BCUT2D eigenvalue weighted by molar-refractivity contribution is 0.0468. The van der Waals surface area contributed by atoms with Gasteiger partial charge in [0, 0.05) is 41.0 Å². The molecule has 0 atom stereocenters. The summed E-state index contributed by atoms with van der Waals surface area (Å²) in [4.78, 5) is 41.9. The fraction of sp³-hybridized carbons (Fsp3) is 0.190. The Bertz CT molecular complexity index is 1340. The highest BCUT2D eigenvalue weighted by atomic mass is 32.1. The van der Waals surface area contributed by atoms with Gasteiger partial charge in [-0.25, -0.2) is 14.5 Å². The normalized spacial score (nSPS) is 11.0. The summed E-state index contributed by atoms with van der Waals surface area (Å²) < 4.78 is 8.23. The summed E-state index contributed by atoms with van der Waals surface area (Å²) in [6.07, 6.45) is 1.70. The van der Waals surface area contributed by atoms with Gasteiger partial charge >= 0.3 is 5.97 Å². The Morgan fingerprint density at radius 3 is 2.60 bits per heavy atom. The monoisotopic (exact) mass is 422 g/mol. The maximum atomic E-state index is 12.7. The van der Waals surface area contributed by atoms with Crippen molar-refractivity contribution < 1.29 is 14.3 Å². The molecule has 4 rings (SSSR count). The number of aromatic nitrogens is 4. The number of aryl methyl sites for hydroxylation is 2. The summed E-state index contributed by atoms with van der Waals surface area (Å²) in [5.74, 6) is -1.09. The molecule has 0 bridgehead atoms. The number of ketones is 1. The molecule has 3 aromatic heterocycles. The third-order valence-electron chi connectivity index (χ3n) is 4.83. The van der Waals surface area contributed by atoms with Crippen LogP contribution in [-0.2, 0) is 11.8 Å². The smallest absolute Gasteiger partial charge is 0.359 e. The quantitative estimate of drug-likeness (QED) is 0.362. The lowest BCUT2D eigenvalue weighted by atomic mass is 10.1. The van der Waals surface area contributed by atoms with Crippen LogP contribution in [0.3, 0.4) is 0 Å². The molecule has 8 nitrogen and oxygen atoms in total. The number of rotatable bonds is 5. The Morgan fingerprint density at radius 1 is 1.17 bits per heavy atom. The minimum absolute atomic E-state index is 0.00578.